The molecule has 0 saturated carbocycles. The van der Waals surface area contributed by atoms with Crippen molar-refractivity contribution in [3.05, 3.63) is 33.8 Å². The Bertz CT molecular complexity index is 599. The number of nitrogens with zero attached hydrogens (tertiary/aromatic N) is 3. The highest BCUT2D eigenvalue weighted by Crippen LogP contribution is 2.26. The molecule has 0 aliphatic rings. The summed E-state index contributed by atoms with van der Waals surface area (Å²) in [6, 6.07) is 4.23. The average molecular weight is 348 g/mol. The van der Waals surface area contributed by atoms with Gasteiger partial charge < -0.3 is 10.1 Å². The molecule has 0 amide bonds. The minimum atomic E-state index is -0.523. The van der Waals surface area contributed by atoms with Crippen molar-refractivity contribution in [2.24, 2.45) is 0 Å². The van der Waals surface area contributed by atoms with Crippen LogP contribution in [0.15, 0.2) is 22.7 Å². The van der Waals surface area contributed by atoms with Gasteiger partial charge in [-0.1, -0.05) is 15.9 Å². The summed E-state index contributed by atoms with van der Waals surface area (Å²) in [6.07, 6.45) is 0. The Morgan fingerprint density at radius 1 is 1.37 bits per heavy atom. The molecule has 0 aliphatic carbocycles. The molecule has 1 aromatic heterocycles. The number of hydrogen-bond acceptors (Lipinski definition) is 5. The maximum atomic E-state index is 13.5. The molecule has 0 fully saturated rings. The Labute approximate surface area is 122 Å². The Hall–Kier alpha value is -1.47. The lowest BCUT2D eigenvalue weighted by atomic mass is 10.3. The number of anilines is 1. The van der Waals surface area contributed by atoms with Crippen LogP contribution < -0.4 is 10.1 Å². The Kier molecular flexibility index (Phi) is 4.49. The first-order valence-corrected chi connectivity index (χ1v) is 6.54. The van der Waals surface area contributed by atoms with E-state index < -0.39 is 5.82 Å². The molecule has 0 radical (unpaired) electrons. The zero-order valence-electron chi connectivity index (χ0n) is 9.82. The number of halogens is 3. The van der Waals surface area contributed by atoms with Gasteiger partial charge in [0.25, 0.3) is 0 Å². The molecule has 1 aromatic carbocycles. The van der Waals surface area contributed by atoms with Gasteiger partial charge in [-0.25, -0.2) is 4.39 Å². The molecule has 2 aromatic rings. The summed E-state index contributed by atoms with van der Waals surface area (Å²) in [5.74, 6) is -0.253. The van der Waals surface area contributed by atoms with Gasteiger partial charge in [0.05, 0.1) is 0 Å². The lowest BCUT2D eigenvalue weighted by Gasteiger charge is -2.07. The monoisotopic (exact) mass is 346 g/mol. The van der Waals surface area contributed by atoms with Crippen LogP contribution in [0.5, 0.6) is 11.8 Å². The zero-order valence-corrected chi connectivity index (χ0v) is 12.2. The van der Waals surface area contributed by atoms with Crippen molar-refractivity contribution in [1.82, 2.24) is 15.0 Å². The molecule has 19 heavy (non-hydrogen) atoms. The molecular formula is C11H9BrClFN4O. The highest BCUT2D eigenvalue weighted by Gasteiger charge is 2.10. The summed E-state index contributed by atoms with van der Waals surface area (Å²) in [6.45, 7) is 2.50. The van der Waals surface area contributed by atoms with Crippen molar-refractivity contribution in [1.29, 1.82) is 0 Å². The largest absolute Gasteiger partial charge is 0.421 e. The first-order valence-electron chi connectivity index (χ1n) is 5.37. The fourth-order valence-electron chi connectivity index (χ4n) is 1.27. The first-order chi connectivity index (χ1) is 9.08. The quantitative estimate of drug-likeness (QED) is 0.915. The van der Waals surface area contributed by atoms with Crippen LogP contribution >= 0.6 is 27.5 Å². The third-order valence-electron chi connectivity index (χ3n) is 2.02. The number of benzene rings is 1. The fraction of sp³-hybridized carbons (Fsp3) is 0.182. The van der Waals surface area contributed by atoms with Gasteiger partial charge in [-0.2, -0.15) is 15.0 Å². The van der Waals surface area contributed by atoms with E-state index in [4.69, 9.17) is 16.3 Å². The number of hydrogen-bond donors (Lipinski definition) is 1. The SMILES string of the molecule is CCNc1nc(Cl)nc(Oc2cc(Br)ccc2F)n1. The fourth-order valence-corrected chi connectivity index (χ4v) is 1.76. The number of rotatable bonds is 4. The predicted molar refractivity (Wildman–Crippen MR) is 73.2 cm³/mol. The lowest BCUT2D eigenvalue weighted by Crippen LogP contribution is -2.05. The second-order valence-electron chi connectivity index (χ2n) is 3.42. The zero-order chi connectivity index (χ0) is 13.8. The molecule has 5 nitrogen and oxygen atoms in total. The normalized spacial score (nSPS) is 10.3. The standard InChI is InChI=1S/C11H9BrClFN4O/c1-2-15-10-16-9(13)17-11(18-10)19-8-5-6(12)3-4-7(8)14/h3-5H,2H2,1H3,(H,15,16,17,18). The lowest BCUT2D eigenvalue weighted by molar-refractivity contribution is 0.409. The Morgan fingerprint density at radius 3 is 2.89 bits per heavy atom. The van der Waals surface area contributed by atoms with Crippen LogP contribution in [0, 0.1) is 5.82 Å². The van der Waals surface area contributed by atoms with Gasteiger partial charge in [-0.05, 0) is 36.7 Å². The number of ether oxygens (including phenoxy) is 1. The summed E-state index contributed by atoms with van der Waals surface area (Å²) >= 11 is 8.96. The van der Waals surface area contributed by atoms with E-state index in [1.807, 2.05) is 6.92 Å². The molecule has 0 atom stereocenters. The molecule has 8 heteroatoms. The van der Waals surface area contributed by atoms with Gasteiger partial charge in [-0.3, -0.25) is 0 Å². The minimum Gasteiger partial charge on any atom is -0.421 e. The molecular weight excluding hydrogens is 339 g/mol. The second kappa shape index (κ2) is 6.12. The predicted octanol–water partition coefficient (Wildman–Crippen LogP) is 3.65. The topological polar surface area (TPSA) is 59.9 Å². The molecule has 0 saturated heterocycles. The van der Waals surface area contributed by atoms with E-state index in [9.17, 15) is 4.39 Å². The molecule has 2 rings (SSSR count). The van der Waals surface area contributed by atoms with Crippen molar-refractivity contribution in [3.8, 4) is 11.8 Å². The maximum Gasteiger partial charge on any atom is 0.328 e. The van der Waals surface area contributed by atoms with Crippen LogP contribution in [0.2, 0.25) is 5.28 Å². The van der Waals surface area contributed by atoms with Crippen LogP contribution in [0.3, 0.4) is 0 Å². The van der Waals surface area contributed by atoms with Crippen LogP contribution in [0.4, 0.5) is 10.3 Å². The highest BCUT2D eigenvalue weighted by atomic mass is 79.9. The summed E-state index contributed by atoms with van der Waals surface area (Å²) in [4.78, 5) is 11.6. The smallest absolute Gasteiger partial charge is 0.328 e. The van der Waals surface area contributed by atoms with Gasteiger partial charge in [-0.15, -0.1) is 0 Å². The molecule has 100 valence electrons. The van der Waals surface area contributed by atoms with E-state index in [0.29, 0.717) is 11.0 Å². The summed E-state index contributed by atoms with van der Waals surface area (Å²) in [5.41, 5.74) is 0. The molecule has 0 spiro atoms. The van der Waals surface area contributed by atoms with Crippen molar-refractivity contribution in [2.75, 3.05) is 11.9 Å². The Morgan fingerprint density at radius 2 is 2.16 bits per heavy atom. The number of nitrogens with one attached hydrogen (secondary N) is 1. The van der Waals surface area contributed by atoms with Gasteiger partial charge in [0.1, 0.15) is 0 Å². The molecule has 0 bridgehead atoms. The van der Waals surface area contributed by atoms with E-state index in [0.717, 1.165) is 0 Å². The van der Waals surface area contributed by atoms with Crippen molar-refractivity contribution in [3.63, 3.8) is 0 Å². The van der Waals surface area contributed by atoms with Gasteiger partial charge >= 0.3 is 6.01 Å². The van der Waals surface area contributed by atoms with Crippen LogP contribution in [-0.2, 0) is 0 Å². The number of aromatic nitrogens is 3. The Balaban J connectivity index is 2.29. The average Bonchev–Trinajstić information content (AvgIpc) is 2.33. The minimum absolute atomic E-state index is 0.000842. The van der Waals surface area contributed by atoms with E-state index in [2.05, 4.69) is 36.2 Å². The third kappa shape index (κ3) is 3.74. The van der Waals surface area contributed by atoms with Crippen LogP contribution in [-0.4, -0.2) is 21.5 Å². The van der Waals surface area contributed by atoms with Crippen molar-refractivity contribution in [2.45, 2.75) is 6.92 Å². The first kappa shape index (κ1) is 14.0. The van der Waals surface area contributed by atoms with Gasteiger partial charge in [0.15, 0.2) is 11.6 Å². The maximum absolute atomic E-state index is 13.5. The molecule has 0 unspecified atom stereocenters. The highest BCUT2D eigenvalue weighted by molar-refractivity contribution is 9.10. The van der Waals surface area contributed by atoms with Gasteiger partial charge in [0.2, 0.25) is 11.2 Å². The summed E-state index contributed by atoms with van der Waals surface area (Å²) in [5, 5.41) is 2.84. The summed E-state index contributed by atoms with van der Waals surface area (Å²) < 4.78 is 19.5. The van der Waals surface area contributed by atoms with Crippen molar-refractivity contribution >= 4 is 33.5 Å². The van der Waals surface area contributed by atoms with E-state index in [1.165, 1.54) is 12.1 Å². The summed E-state index contributed by atoms with van der Waals surface area (Å²) in [7, 11) is 0. The van der Waals surface area contributed by atoms with E-state index in [1.54, 1.807) is 6.07 Å². The second-order valence-corrected chi connectivity index (χ2v) is 4.67. The van der Waals surface area contributed by atoms with E-state index in [-0.39, 0.29) is 23.0 Å². The third-order valence-corrected chi connectivity index (χ3v) is 2.68. The van der Waals surface area contributed by atoms with Crippen LogP contribution in [0.1, 0.15) is 6.92 Å². The molecule has 1 N–H and O–H groups in total. The molecule has 1 heterocycles. The van der Waals surface area contributed by atoms with Crippen molar-refractivity contribution < 1.29 is 9.13 Å². The van der Waals surface area contributed by atoms with E-state index >= 15 is 0 Å². The van der Waals surface area contributed by atoms with Crippen LogP contribution in [0.25, 0.3) is 0 Å². The molecule has 0 aliphatic heterocycles. The van der Waals surface area contributed by atoms with Gasteiger partial charge in [0, 0.05) is 11.0 Å².